The second-order valence-corrected chi connectivity index (χ2v) is 4.77. The van der Waals surface area contributed by atoms with E-state index < -0.39 is 0 Å². The Balaban J connectivity index is 2.14. The molecule has 1 saturated carbocycles. The highest BCUT2D eigenvalue weighted by atomic mass is 16.3. The first-order chi connectivity index (χ1) is 7.76. The van der Waals surface area contributed by atoms with E-state index in [9.17, 15) is 4.79 Å². The van der Waals surface area contributed by atoms with Crippen LogP contribution in [0.15, 0.2) is 0 Å². The Bertz CT molecular complexity index is 209. The highest BCUT2D eigenvalue weighted by Gasteiger charge is 2.21. The average molecular weight is 228 g/mol. The van der Waals surface area contributed by atoms with E-state index in [0.717, 1.165) is 19.5 Å². The van der Waals surface area contributed by atoms with E-state index in [2.05, 4.69) is 5.32 Å². The Hall–Kier alpha value is -0.610. The van der Waals surface area contributed by atoms with E-state index in [1.165, 1.54) is 19.3 Å². The van der Waals surface area contributed by atoms with E-state index in [1.807, 2.05) is 0 Å². The maximum atomic E-state index is 11.3. The van der Waals surface area contributed by atoms with Crippen molar-refractivity contribution in [3.8, 4) is 0 Å². The fraction of sp³-hybridized carbons (Fsp3) is 0.917. The molecule has 0 spiro atoms. The summed E-state index contributed by atoms with van der Waals surface area (Å²) in [6.07, 6.45) is 5.82. The molecule has 1 rings (SSSR count). The van der Waals surface area contributed by atoms with Crippen LogP contribution in [0.2, 0.25) is 0 Å². The SMILES string of the molecule is NCC1CCCC(CNC(=O)CCCO)C1. The Labute approximate surface area is 97.6 Å². The minimum atomic E-state index is 0.0592. The number of nitrogens with two attached hydrogens (primary N) is 1. The lowest BCUT2D eigenvalue weighted by molar-refractivity contribution is -0.121. The topological polar surface area (TPSA) is 75.3 Å². The second kappa shape index (κ2) is 7.63. The average Bonchev–Trinajstić information content (AvgIpc) is 2.34. The van der Waals surface area contributed by atoms with Crippen molar-refractivity contribution in [2.45, 2.75) is 38.5 Å². The van der Waals surface area contributed by atoms with Gasteiger partial charge in [-0.25, -0.2) is 0 Å². The largest absolute Gasteiger partial charge is 0.396 e. The molecule has 0 aromatic carbocycles. The Kier molecular flexibility index (Phi) is 6.42. The van der Waals surface area contributed by atoms with Crippen molar-refractivity contribution in [2.75, 3.05) is 19.7 Å². The maximum Gasteiger partial charge on any atom is 0.220 e. The van der Waals surface area contributed by atoms with Gasteiger partial charge in [-0.1, -0.05) is 6.42 Å². The van der Waals surface area contributed by atoms with Crippen LogP contribution in [-0.2, 0) is 4.79 Å². The van der Waals surface area contributed by atoms with Crippen LogP contribution in [0, 0.1) is 11.8 Å². The fourth-order valence-corrected chi connectivity index (χ4v) is 2.39. The van der Waals surface area contributed by atoms with Gasteiger partial charge in [0.2, 0.25) is 5.91 Å². The van der Waals surface area contributed by atoms with Crippen molar-refractivity contribution in [1.82, 2.24) is 5.32 Å². The number of carbonyl (C=O) groups is 1. The predicted molar refractivity (Wildman–Crippen MR) is 63.8 cm³/mol. The van der Waals surface area contributed by atoms with Crippen molar-refractivity contribution in [1.29, 1.82) is 0 Å². The normalized spacial score (nSPS) is 25.4. The third-order valence-electron chi connectivity index (χ3n) is 3.37. The number of hydrogen-bond donors (Lipinski definition) is 3. The van der Waals surface area contributed by atoms with Gasteiger partial charge in [-0.3, -0.25) is 4.79 Å². The number of hydrogen-bond acceptors (Lipinski definition) is 3. The predicted octanol–water partition coefficient (Wildman–Crippen LogP) is 0.640. The van der Waals surface area contributed by atoms with E-state index in [0.29, 0.717) is 24.7 Å². The van der Waals surface area contributed by atoms with Crippen molar-refractivity contribution in [3.63, 3.8) is 0 Å². The van der Waals surface area contributed by atoms with Gasteiger partial charge in [0.15, 0.2) is 0 Å². The van der Waals surface area contributed by atoms with E-state index in [-0.39, 0.29) is 12.5 Å². The molecule has 0 bridgehead atoms. The zero-order valence-electron chi connectivity index (χ0n) is 9.95. The molecule has 94 valence electrons. The Morgan fingerprint density at radius 3 is 2.81 bits per heavy atom. The van der Waals surface area contributed by atoms with Gasteiger partial charge in [0.1, 0.15) is 0 Å². The summed E-state index contributed by atoms with van der Waals surface area (Å²) in [4.78, 5) is 11.3. The Morgan fingerprint density at radius 1 is 1.38 bits per heavy atom. The van der Waals surface area contributed by atoms with Gasteiger partial charge in [0.05, 0.1) is 0 Å². The molecule has 0 aromatic heterocycles. The van der Waals surface area contributed by atoms with Crippen LogP contribution in [0.4, 0.5) is 0 Å². The highest BCUT2D eigenvalue weighted by molar-refractivity contribution is 5.75. The van der Waals surface area contributed by atoms with Crippen molar-refractivity contribution in [3.05, 3.63) is 0 Å². The van der Waals surface area contributed by atoms with Gasteiger partial charge >= 0.3 is 0 Å². The summed E-state index contributed by atoms with van der Waals surface area (Å²) in [5, 5.41) is 11.5. The van der Waals surface area contributed by atoms with Crippen molar-refractivity contribution in [2.24, 2.45) is 17.6 Å². The quantitative estimate of drug-likeness (QED) is 0.624. The van der Waals surface area contributed by atoms with Crippen LogP contribution in [-0.4, -0.2) is 30.7 Å². The minimum Gasteiger partial charge on any atom is -0.396 e. The number of aliphatic hydroxyl groups excluding tert-OH is 1. The molecule has 0 saturated heterocycles. The van der Waals surface area contributed by atoms with Crippen molar-refractivity contribution >= 4 is 5.91 Å². The molecule has 2 atom stereocenters. The molecule has 1 fully saturated rings. The fourth-order valence-electron chi connectivity index (χ4n) is 2.39. The summed E-state index contributed by atoms with van der Waals surface area (Å²) in [5.41, 5.74) is 5.67. The molecule has 2 unspecified atom stereocenters. The van der Waals surface area contributed by atoms with Crippen LogP contribution < -0.4 is 11.1 Å². The molecule has 1 aliphatic rings. The molecule has 0 aromatic rings. The van der Waals surface area contributed by atoms with Crippen LogP contribution >= 0.6 is 0 Å². The van der Waals surface area contributed by atoms with Gasteiger partial charge in [-0.15, -0.1) is 0 Å². The molecule has 1 aliphatic carbocycles. The molecule has 16 heavy (non-hydrogen) atoms. The first kappa shape index (κ1) is 13.5. The van der Waals surface area contributed by atoms with Crippen LogP contribution in [0.3, 0.4) is 0 Å². The van der Waals surface area contributed by atoms with Crippen molar-refractivity contribution < 1.29 is 9.90 Å². The first-order valence-corrected chi connectivity index (χ1v) is 6.34. The lowest BCUT2D eigenvalue weighted by Gasteiger charge is -2.28. The van der Waals surface area contributed by atoms with Gasteiger partial charge in [0.25, 0.3) is 0 Å². The highest BCUT2D eigenvalue weighted by Crippen LogP contribution is 2.27. The molecule has 0 heterocycles. The smallest absolute Gasteiger partial charge is 0.220 e. The zero-order valence-corrected chi connectivity index (χ0v) is 9.95. The Morgan fingerprint density at radius 2 is 2.12 bits per heavy atom. The lowest BCUT2D eigenvalue weighted by Crippen LogP contribution is -2.33. The summed E-state index contributed by atoms with van der Waals surface area (Å²) in [5.74, 6) is 1.30. The molecular formula is C12H24N2O2. The summed E-state index contributed by atoms with van der Waals surface area (Å²) in [6, 6.07) is 0. The number of nitrogens with one attached hydrogen (secondary N) is 1. The lowest BCUT2D eigenvalue weighted by atomic mass is 9.81. The molecule has 4 heteroatoms. The molecule has 4 nitrogen and oxygen atoms in total. The van der Waals surface area contributed by atoms with Gasteiger partial charge in [-0.2, -0.15) is 0 Å². The van der Waals surface area contributed by atoms with Crippen LogP contribution in [0.1, 0.15) is 38.5 Å². The van der Waals surface area contributed by atoms with Crippen LogP contribution in [0.25, 0.3) is 0 Å². The number of rotatable bonds is 6. The van der Waals surface area contributed by atoms with Gasteiger partial charge in [-0.05, 0) is 44.1 Å². The van der Waals surface area contributed by atoms with E-state index >= 15 is 0 Å². The summed E-state index contributed by atoms with van der Waals surface area (Å²) >= 11 is 0. The molecule has 1 amide bonds. The standard InChI is InChI=1S/C12H24N2O2/c13-8-10-3-1-4-11(7-10)9-14-12(16)5-2-6-15/h10-11,15H,1-9,13H2,(H,14,16). The number of carbonyl (C=O) groups excluding carboxylic acids is 1. The van der Waals surface area contributed by atoms with Crippen LogP contribution in [0.5, 0.6) is 0 Å². The molecule has 0 radical (unpaired) electrons. The molecule has 4 N–H and O–H groups in total. The zero-order chi connectivity index (χ0) is 11.8. The summed E-state index contributed by atoms with van der Waals surface area (Å²) in [7, 11) is 0. The van der Waals surface area contributed by atoms with E-state index in [1.54, 1.807) is 0 Å². The monoisotopic (exact) mass is 228 g/mol. The maximum absolute atomic E-state index is 11.3. The summed E-state index contributed by atoms with van der Waals surface area (Å²) < 4.78 is 0. The third kappa shape index (κ3) is 4.94. The molecular weight excluding hydrogens is 204 g/mol. The molecule has 0 aliphatic heterocycles. The number of aliphatic hydroxyl groups is 1. The summed E-state index contributed by atoms with van der Waals surface area (Å²) in [6.45, 7) is 1.64. The van der Waals surface area contributed by atoms with E-state index in [4.69, 9.17) is 10.8 Å². The minimum absolute atomic E-state index is 0.0592. The first-order valence-electron chi connectivity index (χ1n) is 6.34. The van der Waals surface area contributed by atoms with Gasteiger partial charge < -0.3 is 16.2 Å². The van der Waals surface area contributed by atoms with Gasteiger partial charge in [0, 0.05) is 19.6 Å². The third-order valence-corrected chi connectivity index (χ3v) is 3.37. The number of amides is 1. The second-order valence-electron chi connectivity index (χ2n) is 4.77.